The van der Waals surface area contributed by atoms with Crippen molar-refractivity contribution in [3.05, 3.63) is 45.8 Å². The molecule has 5 amide bonds. The zero-order valence-corrected chi connectivity index (χ0v) is 26.8. The minimum atomic E-state index is -3.86. The zero-order valence-electron chi connectivity index (χ0n) is 25.1. The fourth-order valence-corrected chi connectivity index (χ4v) is 8.20. The molecule has 4 rings (SSSR count). The Hall–Kier alpha value is -3.53. The molecule has 4 N–H and O–H groups in total. The molecule has 2 aliphatic rings. The summed E-state index contributed by atoms with van der Waals surface area (Å²) in [5.74, 6) is -1.17. The number of nitrogens with zero attached hydrogens (tertiary/aromatic N) is 2. The Labute approximate surface area is 255 Å². The molecule has 1 saturated heterocycles. The Morgan fingerprint density at radius 1 is 1.00 bits per heavy atom. The summed E-state index contributed by atoms with van der Waals surface area (Å²) in [7, 11) is -2.46. The highest BCUT2D eigenvalue weighted by Gasteiger charge is 2.42. The first-order chi connectivity index (χ1) is 20.1. The van der Waals surface area contributed by atoms with Gasteiger partial charge in [-0.1, -0.05) is 0 Å². The normalized spacial score (nSPS) is 17.9. The van der Waals surface area contributed by atoms with Crippen molar-refractivity contribution in [2.24, 2.45) is 0 Å². The standard InChI is InChI=1S/C28H38N6O7S2/c1-7-41-26(38)33-12-14-34(15-13-33)43(39,40)18-10-8-17(9-11-18)22(35)30-24-20(23(36)31-25(37)29-6)19-16-27(2,3)32-28(4,5)21(19)42-24/h8-11,32H,7,12-16H2,1-6H3,(H,30,35)(H2,29,31,36,37). The molecule has 1 aromatic heterocycles. The van der Waals surface area contributed by atoms with E-state index in [9.17, 15) is 27.6 Å². The van der Waals surface area contributed by atoms with E-state index in [1.807, 2.05) is 27.7 Å². The third-order valence-electron chi connectivity index (χ3n) is 7.27. The van der Waals surface area contributed by atoms with Gasteiger partial charge >= 0.3 is 12.1 Å². The number of carbonyl (C=O) groups is 4. The first kappa shape index (κ1) is 32.4. The van der Waals surface area contributed by atoms with Crippen LogP contribution in [0.25, 0.3) is 0 Å². The maximum atomic E-state index is 13.3. The number of urea groups is 1. The molecule has 1 aromatic carbocycles. The van der Waals surface area contributed by atoms with Crippen LogP contribution in [-0.2, 0) is 26.7 Å². The van der Waals surface area contributed by atoms with Crippen molar-refractivity contribution in [3.8, 4) is 0 Å². The number of hydrogen-bond acceptors (Lipinski definition) is 9. The lowest BCUT2D eigenvalue weighted by atomic mass is 9.81. The predicted molar refractivity (Wildman–Crippen MR) is 162 cm³/mol. The van der Waals surface area contributed by atoms with Gasteiger partial charge in [-0.05, 0) is 70.9 Å². The number of rotatable bonds is 6. The number of amides is 5. The average molecular weight is 635 g/mol. The maximum Gasteiger partial charge on any atom is 0.409 e. The summed E-state index contributed by atoms with van der Waals surface area (Å²) in [5, 5.41) is 11.3. The smallest absolute Gasteiger partial charge is 0.409 e. The molecule has 0 unspecified atom stereocenters. The largest absolute Gasteiger partial charge is 0.450 e. The SMILES string of the molecule is CCOC(=O)N1CCN(S(=O)(=O)c2ccc(C(=O)Nc3sc4c(c3C(=O)NC(=O)NC)CC(C)(C)NC4(C)C)cc2)CC1. The van der Waals surface area contributed by atoms with Crippen molar-refractivity contribution >= 4 is 50.3 Å². The van der Waals surface area contributed by atoms with E-state index in [1.54, 1.807) is 6.92 Å². The molecule has 0 bridgehead atoms. The van der Waals surface area contributed by atoms with Crippen molar-refractivity contribution in [2.45, 2.75) is 57.0 Å². The monoisotopic (exact) mass is 634 g/mol. The maximum absolute atomic E-state index is 13.3. The minimum Gasteiger partial charge on any atom is -0.450 e. The number of hydrogen-bond donors (Lipinski definition) is 4. The van der Waals surface area contributed by atoms with Crippen LogP contribution in [0.4, 0.5) is 14.6 Å². The van der Waals surface area contributed by atoms with Gasteiger partial charge in [-0.3, -0.25) is 14.9 Å². The fourth-order valence-electron chi connectivity index (χ4n) is 5.51. The number of sulfonamides is 1. The van der Waals surface area contributed by atoms with Crippen LogP contribution in [0.1, 0.15) is 65.8 Å². The zero-order chi connectivity index (χ0) is 31.7. The lowest BCUT2D eigenvalue weighted by Gasteiger charge is -2.42. The molecule has 1 fully saturated rings. The lowest BCUT2D eigenvalue weighted by Crippen LogP contribution is -2.55. The Balaban J connectivity index is 1.55. The van der Waals surface area contributed by atoms with E-state index in [2.05, 4.69) is 21.3 Å². The van der Waals surface area contributed by atoms with Crippen molar-refractivity contribution in [1.82, 2.24) is 25.2 Å². The van der Waals surface area contributed by atoms with Crippen molar-refractivity contribution < 1.29 is 32.3 Å². The third kappa shape index (κ3) is 6.84. The molecule has 234 valence electrons. The molecule has 13 nitrogen and oxygen atoms in total. The number of thiophene rings is 1. The second-order valence-corrected chi connectivity index (χ2v) is 14.5. The summed E-state index contributed by atoms with van der Waals surface area (Å²) in [4.78, 5) is 52.9. The highest BCUT2D eigenvalue weighted by Crippen LogP contribution is 2.45. The summed E-state index contributed by atoms with van der Waals surface area (Å²) >= 11 is 1.26. The van der Waals surface area contributed by atoms with E-state index < -0.39 is 39.5 Å². The van der Waals surface area contributed by atoms with E-state index in [0.717, 1.165) is 10.4 Å². The quantitative estimate of drug-likeness (QED) is 0.377. The number of benzene rings is 1. The number of fused-ring (bicyclic) bond motifs is 1. The van der Waals surface area contributed by atoms with E-state index in [-0.39, 0.29) is 54.3 Å². The number of piperazine rings is 1. The van der Waals surface area contributed by atoms with Crippen LogP contribution in [0, 0.1) is 0 Å². The molecule has 0 spiro atoms. The summed E-state index contributed by atoms with van der Waals surface area (Å²) in [6.07, 6.45) is 0.0224. The molecule has 2 aliphatic heterocycles. The highest BCUT2D eigenvalue weighted by atomic mass is 32.2. The second-order valence-electron chi connectivity index (χ2n) is 11.5. The number of ether oxygens (including phenoxy) is 1. The molecule has 0 radical (unpaired) electrons. The summed E-state index contributed by atoms with van der Waals surface area (Å²) < 4.78 is 32.7. The molecule has 15 heteroatoms. The van der Waals surface area contributed by atoms with E-state index in [4.69, 9.17) is 4.74 Å². The molecule has 0 saturated carbocycles. The van der Waals surface area contributed by atoms with Gasteiger partial charge in [0.05, 0.1) is 17.1 Å². The topological polar surface area (TPSA) is 166 Å². The van der Waals surface area contributed by atoms with E-state index in [0.29, 0.717) is 11.4 Å². The number of anilines is 1. The van der Waals surface area contributed by atoms with Gasteiger partial charge in [0.25, 0.3) is 11.8 Å². The van der Waals surface area contributed by atoms with Gasteiger partial charge in [-0.15, -0.1) is 11.3 Å². The van der Waals surface area contributed by atoms with Gasteiger partial charge in [-0.2, -0.15) is 4.31 Å². The molecular weight excluding hydrogens is 596 g/mol. The summed E-state index contributed by atoms with van der Waals surface area (Å²) in [6, 6.07) is 4.85. The van der Waals surface area contributed by atoms with Crippen LogP contribution in [0.15, 0.2) is 29.2 Å². The fraction of sp³-hybridized carbons (Fsp3) is 0.500. The van der Waals surface area contributed by atoms with Gasteiger partial charge < -0.3 is 25.6 Å². The number of carbonyl (C=O) groups excluding carboxylic acids is 4. The first-order valence-electron chi connectivity index (χ1n) is 13.9. The van der Waals surface area contributed by atoms with Gasteiger partial charge in [0.2, 0.25) is 10.0 Å². The summed E-state index contributed by atoms with van der Waals surface area (Å²) in [5.41, 5.74) is 0.298. The lowest BCUT2D eigenvalue weighted by molar-refractivity contribution is 0.0932. The van der Waals surface area contributed by atoms with Crippen molar-refractivity contribution in [1.29, 1.82) is 0 Å². The molecular formula is C28H38N6O7S2. The Kier molecular flexibility index (Phi) is 9.21. The van der Waals surface area contributed by atoms with E-state index >= 15 is 0 Å². The van der Waals surface area contributed by atoms with Crippen LogP contribution < -0.4 is 21.3 Å². The highest BCUT2D eigenvalue weighted by molar-refractivity contribution is 7.89. The second kappa shape index (κ2) is 12.2. The van der Waals surface area contributed by atoms with Crippen LogP contribution >= 0.6 is 11.3 Å². The van der Waals surface area contributed by atoms with Gasteiger partial charge in [-0.25, -0.2) is 18.0 Å². The van der Waals surface area contributed by atoms with Crippen molar-refractivity contribution in [2.75, 3.05) is 45.2 Å². The van der Waals surface area contributed by atoms with Gasteiger partial charge in [0, 0.05) is 54.7 Å². The molecule has 3 heterocycles. The van der Waals surface area contributed by atoms with Gasteiger partial charge in [0.1, 0.15) is 5.00 Å². The third-order valence-corrected chi connectivity index (χ3v) is 10.7. The van der Waals surface area contributed by atoms with Gasteiger partial charge in [0.15, 0.2) is 0 Å². The van der Waals surface area contributed by atoms with Crippen LogP contribution in [0.3, 0.4) is 0 Å². The molecule has 0 atom stereocenters. The Morgan fingerprint density at radius 3 is 2.21 bits per heavy atom. The molecule has 43 heavy (non-hydrogen) atoms. The predicted octanol–water partition coefficient (Wildman–Crippen LogP) is 2.69. The van der Waals surface area contributed by atoms with Crippen LogP contribution in [0.5, 0.6) is 0 Å². The van der Waals surface area contributed by atoms with E-state index in [1.165, 1.54) is 51.9 Å². The summed E-state index contributed by atoms with van der Waals surface area (Å²) in [6.45, 7) is 10.6. The average Bonchev–Trinajstić information content (AvgIpc) is 3.30. The Bertz CT molecular complexity index is 1530. The first-order valence-corrected chi connectivity index (χ1v) is 16.2. The van der Waals surface area contributed by atoms with Crippen LogP contribution in [0.2, 0.25) is 0 Å². The Morgan fingerprint density at radius 2 is 1.63 bits per heavy atom. The molecule has 2 aromatic rings. The van der Waals surface area contributed by atoms with Crippen LogP contribution in [-0.4, -0.2) is 86.9 Å². The van der Waals surface area contributed by atoms with Crippen molar-refractivity contribution in [3.63, 3.8) is 0 Å². The minimum absolute atomic E-state index is 0.0147. The number of nitrogens with one attached hydrogen (secondary N) is 4. The molecule has 0 aliphatic carbocycles. The number of imide groups is 1.